The molecule has 0 spiro atoms. The summed E-state index contributed by atoms with van der Waals surface area (Å²) in [7, 11) is -3.54. The predicted octanol–water partition coefficient (Wildman–Crippen LogP) is 3.65. The van der Waals surface area contributed by atoms with Gasteiger partial charge >= 0.3 is 0 Å². The largest absolute Gasteiger partial charge is 0.451 e. The van der Waals surface area contributed by atoms with Crippen LogP contribution >= 0.6 is 0 Å². The fourth-order valence-electron chi connectivity index (χ4n) is 3.43. The van der Waals surface area contributed by atoms with Crippen molar-refractivity contribution in [3.63, 3.8) is 0 Å². The zero-order valence-electron chi connectivity index (χ0n) is 14.5. The van der Waals surface area contributed by atoms with E-state index in [1.54, 1.807) is 17.0 Å². The van der Waals surface area contributed by atoms with Crippen LogP contribution in [0, 0.1) is 5.82 Å². The van der Waals surface area contributed by atoms with Crippen molar-refractivity contribution >= 4 is 26.7 Å². The standard InChI is InChI=1S/C20H18FNO4S/c21-15-5-7-16(8-6-15)27(24,25)17-9-11-22(12-10-17)20(23)19-13-14-3-1-2-4-18(14)26-19/h1-8,13,17H,9-12H2. The summed E-state index contributed by atoms with van der Waals surface area (Å²) in [6.07, 6.45) is 0.678. The van der Waals surface area contributed by atoms with Gasteiger partial charge in [0, 0.05) is 18.5 Å². The van der Waals surface area contributed by atoms with Crippen LogP contribution in [0.15, 0.2) is 63.9 Å². The predicted molar refractivity (Wildman–Crippen MR) is 98.7 cm³/mol. The lowest BCUT2D eigenvalue weighted by atomic mass is 10.1. The highest BCUT2D eigenvalue weighted by Crippen LogP contribution is 2.27. The number of sulfone groups is 1. The number of likely N-dealkylation sites (tertiary alicyclic amines) is 1. The zero-order chi connectivity index (χ0) is 19.0. The maximum atomic E-state index is 13.0. The molecular weight excluding hydrogens is 369 g/mol. The van der Waals surface area contributed by atoms with Gasteiger partial charge in [0.05, 0.1) is 10.1 Å². The molecule has 27 heavy (non-hydrogen) atoms. The van der Waals surface area contributed by atoms with Crippen molar-refractivity contribution in [1.82, 2.24) is 4.90 Å². The first-order valence-corrected chi connectivity index (χ1v) is 10.3. The van der Waals surface area contributed by atoms with Gasteiger partial charge in [-0.25, -0.2) is 12.8 Å². The van der Waals surface area contributed by atoms with E-state index in [1.807, 2.05) is 18.2 Å². The summed E-state index contributed by atoms with van der Waals surface area (Å²) in [6, 6.07) is 14.0. The van der Waals surface area contributed by atoms with Crippen molar-refractivity contribution in [2.75, 3.05) is 13.1 Å². The molecule has 0 bridgehead atoms. The number of rotatable bonds is 3. The van der Waals surface area contributed by atoms with Gasteiger partial charge in [-0.05, 0) is 49.2 Å². The van der Waals surface area contributed by atoms with Gasteiger partial charge in [0.1, 0.15) is 11.4 Å². The van der Waals surface area contributed by atoms with Gasteiger partial charge in [-0.3, -0.25) is 4.79 Å². The number of piperidine rings is 1. The highest BCUT2D eigenvalue weighted by atomic mass is 32.2. The monoisotopic (exact) mass is 387 g/mol. The van der Waals surface area contributed by atoms with E-state index in [9.17, 15) is 17.6 Å². The second-order valence-corrected chi connectivity index (χ2v) is 8.87. The number of benzene rings is 2. The molecular formula is C20H18FNO4S. The second kappa shape index (κ2) is 6.81. The van der Waals surface area contributed by atoms with Gasteiger partial charge in [-0.2, -0.15) is 0 Å². The van der Waals surface area contributed by atoms with Gasteiger partial charge in [-0.1, -0.05) is 18.2 Å². The van der Waals surface area contributed by atoms with Crippen molar-refractivity contribution < 1.29 is 22.0 Å². The fourth-order valence-corrected chi connectivity index (χ4v) is 5.16. The molecule has 5 nitrogen and oxygen atoms in total. The number of hydrogen-bond donors (Lipinski definition) is 0. The van der Waals surface area contributed by atoms with E-state index in [0.29, 0.717) is 31.5 Å². The third kappa shape index (κ3) is 3.35. The molecule has 0 atom stereocenters. The van der Waals surface area contributed by atoms with Gasteiger partial charge in [-0.15, -0.1) is 0 Å². The topological polar surface area (TPSA) is 67.6 Å². The van der Waals surface area contributed by atoms with Crippen LogP contribution in [-0.2, 0) is 9.84 Å². The fraction of sp³-hybridized carbons (Fsp3) is 0.250. The Morgan fingerprint density at radius 2 is 1.70 bits per heavy atom. The summed E-state index contributed by atoms with van der Waals surface area (Å²) in [4.78, 5) is 14.4. The van der Waals surface area contributed by atoms with Crippen molar-refractivity contribution in [2.45, 2.75) is 23.0 Å². The van der Waals surface area contributed by atoms with Gasteiger partial charge in [0.2, 0.25) is 0 Å². The number of hydrogen-bond acceptors (Lipinski definition) is 4. The molecule has 1 fully saturated rings. The Labute approximate surface area is 156 Å². The average molecular weight is 387 g/mol. The van der Waals surface area contributed by atoms with E-state index in [2.05, 4.69) is 0 Å². The van der Waals surface area contributed by atoms with Crippen LogP contribution in [0.1, 0.15) is 23.4 Å². The molecule has 0 saturated carbocycles. The lowest BCUT2D eigenvalue weighted by Gasteiger charge is -2.31. The number of furan rings is 1. The molecule has 140 valence electrons. The molecule has 0 aliphatic carbocycles. The van der Waals surface area contributed by atoms with E-state index in [-0.39, 0.29) is 16.6 Å². The van der Waals surface area contributed by atoms with E-state index in [4.69, 9.17) is 4.42 Å². The van der Waals surface area contributed by atoms with Crippen LogP contribution in [0.4, 0.5) is 4.39 Å². The Morgan fingerprint density at radius 3 is 2.37 bits per heavy atom. The SMILES string of the molecule is O=C(c1cc2ccccc2o1)N1CCC(S(=O)(=O)c2ccc(F)cc2)CC1. The number of carbonyl (C=O) groups is 1. The summed E-state index contributed by atoms with van der Waals surface area (Å²) in [5, 5.41) is 0.275. The maximum absolute atomic E-state index is 13.0. The number of para-hydroxylation sites is 1. The zero-order valence-corrected chi connectivity index (χ0v) is 15.3. The van der Waals surface area contributed by atoms with Crippen molar-refractivity contribution in [1.29, 1.82) is 0 Å². The number of fused-ring (bicyclic) bond motifs is 1. The molecule has 1 aliphatic rings. The van der Waals surface area contributed by atoms with E-state index >= 15 is 0 Å². The minimum Gasteiger partial charge on any atom is -0.451 e. The first kappa shape index (κ1) is 17.7. The maximum Gasteiger partial charge on any atom is 0.289 e. The normalized spacial score (nSPS) is 16.0. The molecule has 2 aromatic carbocycles. The summed E-state index contributed by atoms with van der Waals surface area (Å²) in [5.41, 5.74) is 0.648. The summed E-state index contributed by atoms with van der Waals surface area (Å²) >= 11 is 0. The summed E-state index contributed by atoms with van der Waals surface area (Å²) in [5.74, 6) is -0.444. The number of nitrogens with zero attached hydrogens (tertiary/aromatic N) is 1. The Hall–Kier alpha value is -2.67. The third-order valence-corrected chi connectivity index (χ3v) is 7.22. The quantitative estimate of drug-likeness (QED) is 0.644. The number of halogens is 1. The van der Waals surface area contributed by atoms with E-state index < -0.39 is 20.9 Å². The van der Waals surface area contributed by atoms with Crippen LogP contribution in [-0.4, -0.2) is 37.6 Å². The van der Waals surface area contributed by atoms with Gasteiger partial charge < -0.3 is 9.32 Å². The van der Waals surface area contributed by atoms with Crippen molar-refractivity contribution in [3.05, 3.63) is 66.2 Å². The first-order valence-electron chi connectivity index (χ1n) is 8.72. The molecule has 0 unspecified atom stereocenters. The molecule has 7 heteroatoms. The molecule has 1 saturated heterocycles. The van der Waals surface area contributed by atoms with Gasteiger partial charge in [0.25, 0.3) is 5.91 Å². The Morgan fingerprint density at radius 1 is 1.04 bits per heavy atom. The highest BCUT2D eigenvalue weighted by Gasteiger charge is 2.33. The molecule has 3 aromatic rings. The Balaban J connectivity index is 1.46. The smallest absolute Gasteiger partial charge is 0.289 e. The molecule has 1 aromatic heterocycles. The van der Waals surface area contributed by atoms with Crippen molar-refractivity contribution in [3.8, 4) is 0 Å². The van der Waals surface area contributed by atoms with Gasteiger partial charge in [0.15, 0.2) is 15.6 Å². The number of carbonyl (C=O) groups excluding carboxylic acids is 1. The molecule has 1 aliphatic heterocycles. The van der Waals surface area contributed by atoms with Crippen LogP contribution in [0.3, 0.4) is 0 Å². The molecule has 2 heterocycles. The second-order valence-electron chi connectivity index (χ2n) is 6.64. The Bertz CT molecular complexity index is 1050. The van der Waals surface area contributed by atoms with Crippen LogP contribution in [0.2, 0.25) is 0 Å². The molecule has 4 rings (SSSR count). The molecule has 0 radical (unpaired) electrons. The van der Waals surface area contributed by atoms with Crippen LogP contribution in [0.25, 0.3) is 11.0 Å². The van der Waals surface area contributed by atoms with Crippen LogP contribution in [0.5, 0.6) is 0 Å². The minimum atomic E-state index is -3.54. The molecule has 0 N–H and O–H groups in total. The average Bonchev–Trinajstić information content (AvgIpc) is 3.12. The molecule has 1 amide bonds. The lowest BCUT2D eigenvalue weighted by molar-refractivity contribution is 0.0696. The highest BCUT2D eigenvalue weighted by molar-refractivity contribution is 7.92. The summed E-state index contributed by atoms with van der Waals surface area (Å²) < 4.78 is 44.1. The van der Waals surface area contributed by atoms with E-state index in [1.165, 1.54) is 12.1 Å². The summed E-state index contributed by atoms with van der Waals surface area (Å²) in [6.45, 7) is 0.669. The van der Waals surface area contributed by atoms with Crippen LogP contribution < -0.4 is 0 Å². The number of amides is 1. The van der Waals surface area contributed by atoms with E-state index in [0.717, 1.165) is 17.5 Å². The minimum absolute atomic E-state index is 0.117. The third-order valence-electron chi connectivity index (χ3n) is 4.95. The lowest BCUT2D eigenvalue weighted by Crippen LogP contribution is -2.42. The first-order chi connectivity index (χ1) is 12.9. The van der Waals surface area contributed by atoms with Crippen molar-refractivity contribution in [2.24, 2.45) is 0 Å². The Kier molecular flexibility index (Phi) is 4.47.